The number of rotatable bonds is 12. The van der Waals surface area contributed by atoms with Gasteiger partial charge in [-0.25, -0.2) is 9.36 Å². The molecule has 2 unspecified atom stereocenters. The summed E-state index contributed by atoms with van der Waals surface area (Å²) in [5, 5.41) is 14.0. The Hall–Kier alpha value is -2.75. The number of hydrogen-bond acceptors (Lipinski definition) is 5. The van der Waals surface area contributed by atoms with Gasteiger partial charge in [-0.2, -0.15) is 4.67 Å². The molecule has 0 saturated heterocycles. The molecule has 0 bridgehead atoms. The van der Waals surface area contributed by atoms with E-state index in [-0.39, 0.29) is 25.3 Å². The number of furan rings is 1. The Morgan fingerprint density at radius 3 is 2.34 bits per heavy atom. The van der Waals surface area contributed by atoms with E-state index in [1.54, 1.807) is 54.1 Å². The van der Waals surface area contributed by atoms with Crippen molar-refractivity contribution in [3.63, 3.8) is 0 Å². The first kappa shape index (κ1) is 26.8. The number of benzene rings is 1. The van der Waals surface area contributed by atoms with Crippen LogP contribution in [0.15, 0.2) is 64.6 Å². The lowest BCUT2D eigenvalue weighted by atomic mass is 10.0. The van der Waals surface area contributed by atoms with Crippen LogP contribution < -0.4 is 5.32 Å². The minimum atomic E-state index is -4.82. The first-order chi connectivity index (χ1) is 16.5. The number of amides is 1. The fourth-order valence-electron chi connectivity index (χ4n) is 3.71. The Labute approximate surface area is 207 Å². The van der Waals surface area contributed by atoms with Crippen molar-refractivity contribution in [2.75, 3.05) is 0 Å². The molecular formula is C24H29N2O7PS. The van der Waals surface area contributed by atoms with Gasteiger partial charge in [-0.15, -0.1) is 11.3 Å². The SMILES string of the molecule is CC(C)CC(C(=O)NC(Cc1ccc(-c2ccco2)cc1)C(=O)O)N(Cc1cccs1)P(=O)(O)O. The molecule has 0 aliphatic heterocycles. The minimum absolute atomic E-state index is 0.00867. The van der Waals surface area contributed by atoms with Crippen molar-refractivity contribution in [2.45, 2.75) is 45.3 Å². The standard InChI is InChI=1S/C24H29N2O7PS/c1-16(2)13-21(26(34(30,31)32)15-19-5-4-12-35-19)23(27)25-20(24(28)29)14-17-7-9-18(10-8-17)22-6-3-11-33-22/h3-12,16,20-21H,13-15H2,1-2H3,(H,25,27)(H,28,29)(H2,30,31,32). The molecule has 0 saturated carbocycles. The van der Waals surface area contributed by atoms with Crippen LogP contribution in [0.4, 0.5) is 0 Å². The molecule has 188 valence electrons. The van der Waals surface area contributed by atoms with E-state index in [0.29, 0.717) is 16.2 Å². The van der Waals surface area contributed by atoms with Gasteiger partial charge in [0.25, 0.3) is 0 Å². The van der Waals surface area contributed by atoms with Crippen LogP contribution in [0.3, 0.4) is 0 Å². The van der Waals surface area contributed by atoms with E-state index in [1.165, 1.54) is 11.3 Å². The smallest absolute Gasteiger partial charge is 0.404 e. The summed E-state index contributed by atoms with van der Waals surface area (Å²) in [4.78, 5) is 45.9. The van der Waals surface area contributed by atoms with Crippen molar-refractivity contribution in [3.8, 4) is 11.3 Å². The van der Waals surface area contributed by atoms with Crippen LogP contribution in [0.1, 0.15) is 30.7 Å². The van der Waals surface area contributed by atoms with Crippen molar-refractivity contribution >= 4 is 31.0 Å². The van der Waals surface area contributed by atoms with Gasteiger partial charge in [0.05, 0.1) is 12.3 Å². The molecular weight excluding hydrogens is 491 g/mol. The van der Waals surface area contributed by atoms with Crippen molar-refractivity contribution in [3.05, 3.63) is 70.6 Å². The van der Waals surface area contributed by atoms with Crippen LogP contribution in [-0.2, 0) is 27.1 Å². The van der Waals surface area contributed by atoms with Crippen molar-refractivity contribution in [1.82, 2.24) is 9.99 Å². The van der Waals surface area contributed by atoms with Gasteiger partial charge >= 0.3 is 13.7 Å². The summed E-state index contributed by atoms with van der Waals surface area (Å²) in [6.45, 7) is 3.54. The highest BCUT2D eigenvalue weighted by Gasteiger charge is 2.39. The summed E-state index contributed by atoms with van der Waals surface area (Å²) >= 11 is 1.32. The Kier molecular flexibility index (Phi) is 9.04. The van der Waals surface area contributed by atoms with Gasteiger partial charge in [-0.05, 0) is 41.5 Å². The predicted molar refractivity (Wildman–Crippen MR) is 133 cm³/mol. The maximum atomic E-state index is 13.2. The molecule has 0 fully saturated rings. The van der Waals surface area contributed by atoms with Crippen LogP contribution >= 0.6 is 19.1 Å². The molecule has 0 aliphatic rings. The first-order valence-corrected chi connectivity index (χ1v) is 13.5. The lowest BCUT2D eigenvalue weighted by Crippen LogP contribution is -2.51. The van der Waals surface area contributed by atoms with E-state index >= 15 is 0 Å². The zero-order valence-corrected chi connectivity index (χ0v) is 21.1. The zero-order chi connectivity index (χ0) is 25.6. The van der Waals surface area contributed by atoms with Crippen molar-refractivity contribution in [1.29, 1.82) is 0 Å². The quantitative estimate of drug-likeness (QED) is 0.261. The zero-order valence-electron chi connectivity index (χ0n) is 19.4. The molecule has 35 heavy (non-hydrogen) atoms. The summed E-state index contributed by atoms with van der Waals surface area (Å²) in [5.41, 5.74) is 1.51. The molecule has 3 aromatic rings. The first-order valence-electron chi connectivity index (χ1n) is 11.1. The van der Waals surface area contributed by atoms with Gasteiger partial charge in [0.1, 0.15) is 11.8 Å². The fourth-order valence-corrected chi connectivity index (χ4v) is 5.41. The lowest BCUT2D eigenvalue weighted by Gasteiger charge is -2.32. The van der Waals surface area contributed by atoms with Gasteiger partial charge in [0, 0.05) is 23.4 Å². The number of carboxylic acids is 1. The van der Waals surface area contributed by atoms with Gasteiger partial charge in [-0.3, -0.25) is 4.79 Å². The van der Waals surface area contributed by atoms with Crippen molar-refractivity contribution < 1.29 is 33.5 Å². The summed E-state index contributed by atoms with van der Waals surface area (Å²) in [6, 6.07) is 11.7. The molecule has 2 heterocycles. The fraction of sp³-hybridized carbons (Fsp3) is 0.333. The molecule has 0 radical (unpaired) electrons. The summed E-state index contributed by atoms with van der Waals surface area (Å²) in [6.07, 6.45) is 1.72. The molecule has 0 aliphatic carbocycles. The molecule has 9 nitrogen and oxygen atoms in total. The topological polar surface area (TPSA) is 140 Å². The average Bonchev–Trinajstić information content (AvgIpc) is 3.49. The molecule has 4 N–H and O–H groups in total. The number of hydrogen-bond donors (Lipinski definition) is 4. The second-order valence-electron chi connectivity index (χ2n) is 8.61. The third-order valence-corrected chi connectivity index (χ3v) is 7.35. The van der Waals surface area contributed by atoms with Crippen LogP contribution in [0.25, 0.3) is 11.3 Å². The van der Waals surface area contributed by atoms with Crippen LogP contribution in [-0.4, -0.2) is 43.5 Å². The number of carbonyl (C=O) groups is 2. The Morgan fingerprint density at radius 2 is 1.83 bits per heavy atom. The summed E-state index contributed by atoms with van der Waals surface area (Å²) in [7, 11) is -4.82. The molecule has 3 rings (SSSR count). The van der Waals surface area contributed by atoms with Crippen LogP contribution in [0.5, 0.6) is 0 Å². The number of nitrogens with one attached hydrogen (secondary N) is 1. The van der Waals surface area contributed by atoms with Gasteiger partial charge < -0.3 is 24.6 Å². The van der Waals surface area contributed by atoms with E-state index in [4.69, 9.17) is 4.42 Å². The number of thiophene rings is 1. The number of aliphatic carboxylic acids is 1. The molecule has 1 amide bonds. The van der Waals surface area contributed by atoms with E-state index in [9.17, 15) is 29.0 Å². The summed E-state index contributed by atoms with van der Waals surface area (Å²) in [5.74, 6) is -1.36. The molecule has 11 heteroatoms. The van der Waals surface area contributed by atoms with Gasteiger partial charge in [0.15, 0.2) is 0 Å². The van der Waals surface area contributed by atoms with E-state index in [1.807, 2.05) is 19.9 Å². The van der Waals surface area contributed by atoms with E-state index in [2.05, 4.69) is 5.32 Å². The molecule has 2 atom stereocenters. The average molecular weight is 521 g/mol. The van der Waals surface area contributed by atoms with E-state index in [0.717, 1.165) is 10.2 Å². The largest absolute Gasteiger partial charge is 0.480 e. The van der Waals surface area contributed by atoms with Crippen molar-refractivity contribution in [2.24, 2.45) is 5.92 Å². The second kappa shape index (κ2) is 11.8. The lowest BCUT2D eigenvalue weighted by molar-refractivity contribution is -0.142. The highest BCUT2D eigenvalue weighted by Crippen LogP contribution is 2.44. The third kappa shape index (κ3) is 7.62. The monoisotopic (exact) mass is 520 g/mol. The summed E-state index contributed by atoms with van der Waals surface area (Å²) < 4.78 is 18.6. The van der Waals surface area contributed by atoms with Crippen LogP contribution in [0, 0.1) is 5.92 Å². The van der Waals surface area contributed by atoms with Gasteiger partial charge in [0.2, 0.25) is 5.91 Å². The Morgan fingerprint density at radius 1 is 1.11 bits per heavy atom. The Bertz CT molecular complexity index is 1140. The normalized spacial score (nSPS) is 13.7. The van der Waals surface area contributed by atoms with Crippen LogP contribution in [0.2, 0.25) is 0 Å². The highest BCUT2D eigenvalue weighted by atomic mass is 32.1. The van der Waals surface area contributed by atoms with Gasteiger partial charge in [-0.1, -0.05) is 44.2 Å². The second-order valence-corrected chi connectivity index (χ2v) is 11.2. The maximum absolute atomic E-state index is 13.2. The highest BCUT2D eigenvalue weighted by molar-refractivity contribution is 7.49. The number of carbonyl (C=O) groups excluding carboxylic acids is 1. The maximum Gasteiger partial charge on any atom is 0.404 e. The molecule has 1 aromatic carbocycles. The number of carboxylic acid groups (broad SMARTS) is 1. The molecule has 0 spiro atoms. The molecule has 2 aromatic heterocycles. The minimum Gasteiger partial charge on any atom is -0.480 e. The number of nitrogens with zero attached hydrogens (tertiary/aromatic N) is 1. The third-order valence-electron chi connectivity index (χ3n) is 5.40. The van der Waals surface area contributed by atoms with E-state index < -0.39 is 31.7 Å². The Balaban J connectivity index is 1.79. The predicted octanol–water partition coefficient (Wildman–Crippen LogP) is 4.13.